The molecule has 0 radical (unpaired) electrons. The van der Waals surface area contributed by atoms with E-state index in [2.05, 4.69) is 59.2 Å². The maximum absolute atomic E-state index is 13.4. The van der Waals surface area contributed by atoms with Gasteiger partial charge in [-0.25, -0.2) is 14.8 Å². The highest BCUT2D eigenvalue weighted by Gasteiger charge is 2.66. The number of ether oxygens (including phenoxy) is 2. The highest BCUT2D eigenvalue weighted by Crippen LogP contribution is 2.72. The van der Waals surface area contributed by atoms with Gasteiger partial charge in [0.05, 0.1) is 46.4 Å². The molecule has 4 saturated carbocycles. The maximum Gasteiger partial charge on any atom is 0.355 e. The molecule has 4 aromatic heterocycles. The summed E-state index contributed by atoms with van der Waals surface area (Å²) in [7, 11) is 2.21. The molecule has 19 nitrogen and oxygen atoms in total. The van der Waals surface area contributed by atoms with E-state index in [1.54, 1.807) is 29.5 Å². The quantitative estimate of drug-likeness (QED) is 0.0378. The number of nitrogens with zero attached hydrogens (tertiary/aromatic N) is 9. The predicted molar refractivity (Wildman–Crippen MR) is 320 cm³/mol. The van der Waals surface area contributed by atoms with Crippen molar-refractivity contribution in [3.8, 4) is 16.9 Å². The second kappa shape index (κ2) is 23.0. The van der Waals surface area contributed by atoms with E-state index in [-0.39, 0.29) is 51.5 Å². The van der Waals surface area contributed by atoms with Gasteiger partial charge in [-0.05, 0) is 151 Å². The van der Waals surface area contributed by atoms with E-state index in [4.69, 9.17) is 29.6 Å². The number of aromatic carboxylic acids is 1. The number of para-hydroxylation sites is 1. The van der Waals surface area contributed by atoms with Gasteiger partial charge in [0.15, 0.2) is 22.5 Å². The van der Waals surface area contributed by atoms with Crippen LogP contribution < -0.4 is 20.3 Å². The molecule has 3 atom stereocenters. The zero-order valence-electron chi connectivity index (χ0n) is 49.1. The first-order valence-electron chi connectivity index (χ1n) is 30.2. The second-order valence-corrected chi connectivity index (χ2v) is 26.9. The Kier molecular flexibility index (Phi) is 15.7. The topological polar surface area (TPSA) is 227 Å². The van der Waals surface area contributed by atoms with E-state index in [0.29, 0.717) is 48.5 Å². The van der Waals surface area contributed by atoms with Crippen LogP contribution in [-0.4, -0.2) is 126 Å². The second-order valence-electron chi connectivity index (χ2n) is 25.8. The van der Waals surface area contributed by atoms with E-state index in [0.717, 1.165) is 139 Å². The van der Waals surface area contributed by atoms with Crippen molar-refractivity contribution >= 4 is 73.7 Å². The van der Waals surface area contributed by atoms with Crippen molar-refractivity contribution in [2.75, 3.05) is 50.1 Å². The number of hydrogen-bond acceptors (Lipinski definition) is 16. The molecule has 7 heterocycles. The zero-order valence-corrected chi connectivity index (χ0v) is 49.9. The molecular formula is C64H77N11O8S. The van der Waals surface area contributed by atoms with Crippen molar-refractivity contribution < 1.29 is 38.6 Å². The number of amides is 4. The van der Waals surface area contributed by atoms with Crippen LogP contribution in [-0.2, 0) is 27.3 Å². The lowest BCUT2D eigenvalue weighted by molar-refractivity contribution is -0.248. The molecule has 4 aliphatic carbocycles. The Balaban J connectivity index is 0.599. The zero-order chi connectivity index (χ0) is 58.5. The van der Waals surface area contributed by atoms with Crippen molar-refractivity contribution in [1.29, 1.82) is 0 Å². The molecule has 0 spiro atoms. The van der Waals surface area contributed by atoms with Gasteiger partial charge >= 0.3 is 5.97 Å². The van der Waals surface area contributed by atoms with Crippen LogP contribution >= 0.6 is 11.3 Å². The van der Waals surface area contributed by atoms with Gasteiger partial charge in [-0.15, -0.1) is 10.2 Å². The van der Waals surface area contributed by atoms with Gasteiger partial charge in [-0.3, -0.25) is 34.1 Å². The molecule has 1 saturated heterocycles. The number of aromatic nitrogens is 6. The average Bonchev–Trinajstić information content (AvgIpc) is 0.856. The third kappa shape index (κ3) is 11.3. The number of anilines is 4. The summed E-state index contributed by atoms with van der Waals surface area (Å²) in [5.74, 6) is -0.987. The standard InChI is InChI=1S/C64H77N11O8S/c1-40-42-19-17-28-73(55(42)71-70-54(40)69-60-66-46-20-12-13-22-49(46)84-60)50-25-23-43(53(67-50)59(80)81)45-32-65-74(41(45)2)39-63-34-61(3)33-62(4,35-63)37-64(36-61,38-63)83-31-29-72(5)27-14-10-8-6-7-9-11-15-30-82-48-21-16-18-44-52(48)58(79)75(57(44)78)47-24-26-51(76)68-56(47)77/h12-13,16,18,20-23,25,32,47H,6-11,14-15,17,19,24,26-31,33-39H2,1-5H3,(H,80,81)(H,66,69,70)(H,68,76,77). The molecule has 2 aromatic carbocycles. The molecular weight excluding hydrogens is 1080 g/mol. The Labute approximate surface area is 494 Å². The lowest BCUT2D eigenvalue weighted by Gasteiger charge is -2.69. The minimum absolute atomic E-state index is 0.00612. The van der Waals surface area contributed by atoms with Gasteiger partial charge in [0, 0.05) is 54.0 Å². The van der Waals surface area contributed by atoms with Crippen LogP contribution in [0.25, 0.3) is 21.3 Å². The van der Waals surface area contributed by atoms with Crippen molar-refractivity contribution in [2.24, 2.45) is 16.2 Å². The summed E-state index contributed by atoms with van der Waals surface area (Å²) in [4.78, 5) is 78.8. The molecule has 3 aliphatic heterocycles. The molecule has 4 amide bonds. The Morgan fingerprint density at radius 3 is 2.33 bits per heavy atom. The lowest BCUT2D eigenvalue weighted by Crippen LogP contribution is -2.64. The number of carbonyl (C=O) groups excluding carboxylic acids is 4. The minimum Gasteiger partial charge on any atom is -0.493 e. The largest absolute Gasteiger partial charge is 0.493 e. The van der Waals surface area contributed by atoms with Crippen LogP contribution in [0.2, 0.25) is 0 Å². The number of imide groups is 2. The number of hydrogen-bond donors (Lipinski definition) is 3. The van der Waals surface area contributed by atoms with Crippen molar-refractivity contribution in [2.45, 2.75) is 161 Å². The molecule has 5 fully saturated rings. The van der Waals surface area contributed by atoms with Crippen LogP contribution in [0.4, 0.5) is 22.6 Å². The van der Waals surface area contributed by atoms with Crippen molar-refractivity contribution in [3.05, 3.63) is 94.4 Å². The highest BCUT2D eigenvalue weighted by molar-refractivity contribution is 7.22. The van der Waals surface area contributed by atoms with Crippen LogP contribution in [0.3, 0.4) is 0 Å². The molecule has 13 rings (SSSR count). The van der Waals surface area contributed by atoms with Crippen LogP contribution in [0, 0.1) is 30.1 Å². The number of carbonyl (C=O) groups is 5. The first-order valence-corrected chi connectivity index (χ1v) is 31.1. The van der Waals surface area contributed by atoms with Gasteiger partial charge in [-0.2, -0.15) is 5.10 Å². The fourth-order valence-electron chi connectivity index (χ4n) is 16.1. The van der Waals surface area contributed by atoms with E-state index >= 15 is 0 Å². The van der Waals surface area contributed by atoms with Crippen LogP contribution in [0.1, 0.15) is 171 Å². The molecule has 6 aromatic rings. The van der Waals surface area contributed by atoms with Crippen LogP contribution in [0.15, 0.2) is 60.8 Å². The normalized spacial score (nSPS) is 24.3. The number of rotatable bonds is 24. The summed E-state index contributed by atoms with van der Waals surface area (Å²) >= 11 is 1.57. The number of piperidine rings is 1. The smallest absolute Gasteiger partial charge is 0.355 e. The van der Waals surface area contributed by atoms with E-state index in [1.807, 2.05) is 48.4 Å². The van der Waals surface area contributed by atoms with E-state index < -0.39 is 35.6 Å². The fourth-order valence-corrected chi connectivity index (χ4v) is 17.0. The maximum atomic E-state index is 13.4. The highest BCUT2D eigenvalue weighted by atomic mass is 32.1. The molecule has 3 N–H and O–H groups in total. The number of carboxylic acids is 1. The fraction of sp³-hybridized carbons (Fsp3) is 0.531. The number of fused-ring (bicyclic) bond motifs is 3. The first-order chi connectivity index (χ1) is 40.4. The summed E-state index contributed by atoms with van der Waals surface area (Å²) in [6.07, 6.45) is 19.1. The first kappa shape index (κ1) is 57.3. The number of likely N-dealkylation sites (N-methyl/N-ethyl adjacent to an activating group) is 1. The average molecular weight is 1160 g/mol. The Morgan fingerprint density at radius 2 is 1.57 bits per heavy atom. The molecule has 84 heavy (non-hydrogen) atoms. The number of pyridine rings is 1. The number of nitrogens with one attached hydrogen (secondary N) is 2. The summed E-state index contributed by atoms with van der Waals surface area (Å²) in [6, 6.07) is 15.8. The van der Waals surface area contributed by atoms with Crippen molar-refractivity contribution in [3.63, 3.8) is 0 Å². The van der Waals surface area contributed by atoms with Gasteiger partial charge < -0.3 is 29.7 Å². The third-order valence-electron chi connectivity index (χ3n) is 18.8. The summed E-state index contributed by atoms with van der Waals surface area (Å²) < 4.78 is 16.4. The van der Waals surface area contributed by atoms with Crippen LogP contribution in [0.5, 0.6) is 5.75 Å². The monoisotopic (exact) mass is 1160 g/mol. The van der Waals surface area contributed by atoms with Gasteiger partial charge in [0.2, 0.25) is 11.8 Å². The Morgan fingerprint density at radius 1 is 0.810 bits per heavy atom. The number of benzene rings is 2. The molecule has 4 bridgehead atoms. The summed E-state index contributed by atoms with van der Waals surface area (Å²) in [6.45, 7) is 13.5. The number of thiazole rings is 1. The summed E-state index contributed by atoms with van der Waals surface area (Å²) in [5, 5.41) is 31.4. The Hall–Kier alpha value is -7.16. The molecule has 20 heteroatoms. The SMILES string of the molecule is Cc1c(Nc2nc3ccccc3s2)nnc2c1CCCN2c1ccc(-c2cnn(CC34CC5(C)CC(C)(C3)CC(OCCN(C)CCCCCCCCCCOc3cccc6c3C(=O)N(C3CCC(=O)NC3=O)C6=O)(C5)C4)c2C)c(C(=O)O)n1. The lowest BCUT2D eigenvalue weighted by atomic mass is 9.39. The number of carboxylic acid groups (broad SMARTS) is 1. The third-order valence-corrected chi connectivity index (χ3v) is 19.8. The van der Waals surface area contributed by atoms with Crippen molar-refractivity contribution in [1.82, 2.24) is 45.1 Å². The number of unbranched alkanes of at least 4 members (excludes halogenated alkanes) is 7. The minimum atomic E-state index is -1.09. The van der Waals surface area contributed by atoms with Gasteiger partial charge in [0.25, 0.3) is 11.8 Å². The molecule has 7 aliphatic rings. The Bertz CT molecular complexity index is 3510. The summed E-state index contributed by atoms with van der Waals surface area (Å²) in [5.41, 5.74) is 5.80. The molecule has 442 valence electrons. The van der Waals surface area contributed by atoms with Gasteiger partial charge in [-0.1, -0.05) is 81.9 Å². The predicted octanol–water partition coefficient (Wildman–Crippen LogP) is 11.2. The van der Waals surface area contributed by atoms with E-state index in [1.165, 1.54) is 25.7 Å². The molecule has 3 unspecified atom stereocenters. The van der Waals surface area contributed by atoms with E-state index in [9.17, 15) is 29.1 Å². The van der Waals surface area contributed by atoms with Gasteiger partial charge in [0.1, 0.15) is 17.6 Å².